The van der Waals surface area contributed by atoms with Gasteiger partial charge in [-0.15, -0.1) is 0 Å². The summed E-state index contributed by atoms with van der Waals surface area (Å²) >= 11 is 0. The molecule has 8 nitrogen and oxygen atoms in total. The van der Waals surface area contributed by atoms with Crippen LogP contribution >= 0.6 is 0 Å². The molecule has 1 aliphatic rings. The maximum atomic E-state index is 13.9. The van der Waals surface area contributed by atoms with E-state index in [0.717, 1.165) is 24.0 Å². The number of rotatable bonds is 19. The second-order valence-electron chi connectivity index (χ2n) is 12.9. The average molecular weight is 650 g/mol. The molecule has 0 bridgehead atoms. The number of amides is 1. The van der Waals surface area contributed by atoms with Crippen molar-refractivity contribution in [3.63, 3.8) is 0 Å². The van der Waals surface area contributed by atoms with Gasteiger partial charge in [-0.25, -0.2) is 8.42 Å². The van der Waals surface area contributed by atoms with Gasteiger partial charge in [-0.05, 0) is 86.2 Å². The number of hydrogen-bond acceptors (Lipinski definition) is 6. The molecule has 3 aromatic carbocycles. The van der Waals surface area contributed by atoms with Gasteiger partial charge in [0, 0.05) is 24.5 Å². The van der Waals surface area contributed by atoms with Crippen LogP contribution in [-0.2, 0) is 21.4 Å². The fraction of sp³-hybridized carbons (Fsp3) is 0.486. The Hall–Kier alpha value is -3.08. The van der Waals surface area contributed by atoms with Crippen LogP contribution in [0.25, 0.3) is 0 Å². The van der Waals surface area contributed by atoms with Crippen molar-refractivity contribution in [2.45, 2.75) is 87.9 Å². The first-order chi connectivity index (χ1) is 22.2. The Morgan fingerprint density at radius 2 is 1.46 bits per heavy atom. The van der Waals surface area contributed by atoms with Crippen LogP contribution in [0.15, 0.2) is 89.8 Å². The van der Waals surface area contributed by atoms with Gasteiger partial charge in [-0.1, -0.05) is 86.6 Å². The Bertz CT molecular complexity index is 1410. The van der Waals surface area contributed by atoms with E-state index in [1.54, 1.807) is 12.1 Å². The molecule has 1 fully saturated rings. The second kappa shape index (κ2) is 17.2. The van der Waals surface area contributed by atoms with Crippen molar-refractivity contribution in [1.29, 1.82) is 0 Å². The van der Waals surface area contributed by atoms with E-state index in [0.29, 0.717) is 49.6 Å². The van der Waals surface area contributed by atoms with Gasteiger partial charge in [0.05, 0.1) is 24.2 Å². The van der Waals surface area contributed by atoms with Crippen molar-refractivity contribution in [2.24, 2.45) is 11.8 Å². The van der Waals surface area contributed by atoms with Gasteiger partial charge < -0.3 is 20.8 Å². The number of nitrogens with one attached hydrogen (secondary N) is 2. The van der Waals surface area contributed by atoms with Gasteiger partial charge >= 0.3 is 0 Å². The molecule has 46 heavy (non-hydrogen) atoms. The molecule has 9 heteroatoms. The lowest BCUT2D eigenvalue weighted by molar-refractivity contribution is -0.124. The van der Waals surface area contributed by atoms with E-state index < -0.39 is 22.1 Å². The Balaban J connectivity index is 1.47. The zero-order chi connectivity index (χ0) is 33.1. The lowest BCUT2D eigenvalue weighted by Gasteiger charge is -2.31. The van der Waals surface area contributed by atoms with Crippen LogP contribution in [0.3, 0.4) is 0 Å². The molecule has 1 saturated carbocycles. The minimum Gasteiger partial charge on any atom is -0.395 e. The molecule has 0 radical (unpaired) electrons. The fourth-order valence-electron chi connectivity index (χ4n) is 6.23. The number of carbonyl (C=O) groups excluding carboxylic acids is 1. The van der Waals surface area contributed by atoms with Gasteiger partial charge in [-0.3, -0.25) is 4.79 Å². The van der Waals surface area contributed by atoms with Crippen molar-refractivity contribution in [1.82, 2.24) is 14.9 Å². The second-order valence-corrected chi connectivity index (χ2v) is 14.8. The summed E-state index contributed by atoms with van der Waals surface area (Å²) in [6, 6.07) is 25.3. The highest BCUT2D eigenvalue weighted by Gasteiger charge is 2.37. The molecule has 250 valence electrons. The molecule has 4 N–H and O–H groups in total. The van der Waals surface area contributed by atoms with Gasteiger partial charge in [0.15, 0.2) is 0 Å². The number of carbonyl (C=O) groups is 1. The van der Waals surface area contributed by atoms with Crippen molar-refractivity contribution < 1.29 is 23.4 Å². The molecule has 0 aliphatic heterocycles. The Morgan fingerprint density at radius 3 is 1.93 bits per heavy atom. The SMILES string of the molecule is CN[C@H](C(=O)N[C@H](CCC[C@@H](CO)N(CCC(C)C)S(=O)(=O)c1ccc(CO)cc1)C1CC1)C(c1ccccc1)c1ccccc1. The Labute approximate surface area is 275 Å². The first kappa shape index (κ1) is 35.8. The Morgan fingerprint density at radius 1 is 0.870 bits per heavy atom. The van der Waals surface area contributed by atoms with E-state index in [1.165, 1.54) is 16.4 Å². The van der Waals surface area contributed by atoms with Crippen LogP contribution in [0.4, 0.5) is 0 Å². The number of aliphatic hydroxyl groups is 2. The molecule has 3 atom stereocenters. The highest BCUT2D eigenvalue weighted by atomic mass is 32.2. The summed E-state index contributed by atoms with van der Waals surface area (Å²) in [4.78, 5) is 14.1. The third-order valence-electron chi connectivity index (χ3n) is 9.07. The van der Waals surface area contributed by atoms with Crippen LogP contribution in [0.5, 0.6) is 0 Å². The number of aliphatic hydroxyl groups excluding tert-OH is 2. The molecular formula is C37H51N3O5S. The summed E-state index contributed by atoms with van der Waals surface area (Å²) < 4.78 is 29.1. The third-order valence-corrected chi connectivity index (χ3v) is 11.0. The number of hydrogen-bond donors (Lipinski definition) is 4. The minimum absolute atomic E-state index is 0.0263. The largest absolute Gasteiger partial charge is 0.395 e. The summed E-state index contributed by atoms with van der Waals surface area (Å²) in [6.07, 6.45) is 4.62. The van der Waals surface area contributed by atoms with Crippen molar-refractivity contribution in [3.05, 3.63) is 102 Å². The highest BCUT2D eigenvalue weighted by Crippen LogP contribution is 2.36. The predicted molar refractivity (Wildman–Crippen MR) is 183 cm³/mol. The molecule has 0 heterocycles. The van der Waals surface area contributed by atoms with E-state index in [2.05, 4.69) is 48.7 Å². The lowest BCUT2D eigenvalue weighted by Crippen LogP contribution is -2.50. The first-order valence-corrected chi connectivity index (χ1v) is 18.0. The van der Waals surface area contributed by atoms with Crippen LogP contribution in [0.2, 0.25) is 0 Å². The predicted octanol–water partition coefficient (Wildman–Crippen LogP) is 5.06. The van der Waals surface area contributed by atoms with Gasteiger partial charge in [0.25, 0.3) is 0 Å². The van der Waals surface area contributed by atoms with Gasteiger partial charge in [0.2, 0.25) is 15.9 Å². The fourth-order valence-corrected chi connectivity index (χ4v) is 7.89. The first-order valence-electron chi connectivity index (χ1n) is 16.6. The molecule has 0 saturated heterocycles. The van der Waals surface area contributed by atoms with Crippen molar-refractivity contribution in [2.75, 3.05) is 20.2 Å². The van der Waals surface area contributed by atoms with Crippen molar-refractivity contribution >= 4 is 15.9 Å². The van der Waals surface area contributed by atoms with E-state index in [4.69, 9.17) is 0 Å². The summed E-state index contributed by atoms with van der Waals surface area (Å²) in [7, 11) is -2.05. The average Bonchev–Trinajstić information content (AvgIpc) is 3.92. The summed E-state index contributed by atoms with van der Waals surface area (Å²) in [5.74, 6) is 0.464. The normalized spacial score (nSPS) is 15.7. The molecule has 0 spiro atoms. The van der Waals surface area contributed by atoms with E-state index in [9.17, 15) is 23.4 Å². The Kier molecular flexibility index (Phi) is 13.4. The van der Waals surface area contributed by atoms with Crippen LogP contribution in [0.1, 0.15) is 75.0 Å². The maximum absolute atomic E-state index is 13.9. The maximum Gasteiger partial charge on any atom is 0.243 e. The lowest BCUT2D eigenvalue weighted by atomic mass is 9.84. The quantitative estimate of drug-likeness (QED) is 0.144. The molecule has 0 aromatic heterocycles. The number of benzene rings is 3. The topological polar surface area (TPSA) is 119 Å². The van der Waals surface area contributed by atoms with E-state index in [-0.39, 0.29) is 36.0 Å². The summed E-state index contributed by atoms with van der Waals surface area (Å²) in [5.41, 5.74) is 2.76. The smallest absolute Gasteiger partial charge is 0.243 e. The highest BCUT2D eigenvalue weighted by molar-refractivity contribution is 7.89. The molecule has 3 aromatic rings. The van der Waals surface area contributed by atoms with E-state index in [1.807, 2.05) is 43.4 Å². The summed E-state index contributed by atoms with van der Waals surface area (Å²) in [5, 5.41) is 26.5. The molecule has 0 unspecified atom stereocenters. The zero-order valence-corrected chi connectivity index (χ0v) is 28.2. The van der Waals surface area contributed by atoms with Crippen LogP contribution in [0, 0.1) is 11.8 Å². The number of likely N-dealkylation sites (N-methyl/N-ethyl adjacent to an activating group) is 1. The number of sulfonamides is 1. The monoisotopic (exact) mass is 649 g/mol. The van der Waals surface area contributed by atoms with Gasteiger partial charge in [-0.2, -0.15) is 4.31 Å². The van der Waals surface area contributed by atoms with Crippen LogP contribution in [-0.4, -0.2) is 67.2 Å². The third kappa shape index (κ3) is 9.48. The van der Waals surface area contributed by atoms with Gasteiger partial charge in [0.1, 0.15) is 0 Å². The minimum atomic E-state index is -3.87. The number of nitrogens with zero attached hydrogens (tertiary/aromatic N) is 1. The molecule has 1 amide bonds. The summed E-state index contributed by atoms with van der Waals surface area (Å²) in [6.45, 7) is 3.96. The van der Waals surface area contributed by atoms with Crippen molar-refractivity contribution in [3.8, 4) is 0 Å². The zero-order valence-electron chi connectivity index (χ0n) is 27.4. The standard InChI is InChI=1S/C37H51N3O5S/c1-27(2)23-24-40(46(44,45)33-21-17-28(25-41)18-22-33)32(26-42)15-10-16-34(29-19-20-29)39-37(43)36(38-3)35(30-11-6-4-7-12-30)31-13-8-5-9-14-31/h4-9,11-14,17-18,21-22,27,29,32,34-36,38,41-42H,10,15-16,19-20,23-26H2,1-3H3,(H,39,43)/t32-,34+,36-/m0/s1. The molecule has 1 aliphatic carbocycles. The molecular weight excluding hydrogens is 598 g/mol. The van der Waals surface area contributed by atoms with Crippen LogP contribution < -0.4 is 10.6 Å². The molecule has 4 rings (SSSR count). The van der Waals surface area contributed by atoms with E-state index >= 15 is 0 Å².